The SMILES string of the molecule is CCCCCCCCCCC/C=C\CCC(=O)OC(CO)COP(=O)(O)OCC[N+](C)(C)C. The summed E-state index contributed by atoms with van der Waals surface area (Å²) in [6.07, 6.45) is 16.5. The van der Waals surface area contributed by atoms with Gasteiger partial charge in [-0.05, 0) is 19.3 Å². The Morgan fingerprint density at radius 1 is 0.939 bits per heavy atom. The zero-order valence-electron chi connectivity index (χ0n) is 21.4. The van der Waals surface area contributed by atoms with Gasteiger partial charge in [0, 0.05) is 6.42 Å². The molecule has 0 fully saturated rings. The summed E-state index contributed by atoms with van der Waals surface area (Å²) in [6, 6.07) is 0. The number of aliphatic hydroxyl groups excluding tert-OH is 1. The van der Waals surface area contributed by atoms with Gasteiger partial charge in [0.25, 0.3) is 0 Å². The van der Waals surface area contributed by atoms with Crippen LogP contribution in [-0.2, 0) is 23.1 Å². The van der Waals surface area contributed by atoms with Crippen molar-refractivity contribution in [2.75, 3.05) is 47.5 Å². The molecule has 0 radical (unpaired) electrons. The van der Waals surface area contributed by atoms with Crippen LogP contribution in [0, 0.1) is 0 Å². The number of phosphoric acid groups is 1. The zero-order chi connectivity index (χ0) is 25.0. The third-order valence-corrected chi connectivity index (χ3v) is 6.08. The van der Waals surface area contributed by atoms with Gasteiger partial charge in [0.2, 0.25) is 0 Å². The van der Waals surface area contributed by atoms with E-state index < -0.39 is 33.1 Å². The molecule has 0 bridgehead atoms. The van der Waals surface area contributed by atoms with Gasteiger partial charge in [-0.2, -0.15) is 0 Å². The first-order valence-corrected chi connectivity index (χ1v) is 14.0. The number of quaternary nitrogens is 1. The first-order chi connectivity index (χ1) is 15.6. The predicted octanol–water partition coefficient (Wildman–Crippen LogP) is 4.99. The van der Waals surface area contributed by atoms with Crippen molar-refractivity contribution in [3.8, 4) is 0 Å². The molecular weight excluding hydrogens is 445 g/mol. The van der Waals surface area contributed by atoms with Crippen molar-refractivity contribution in [3.63, 3.8) is 0 Å². The molecule has 2 unspecified atom stereocenters. The van der Waals surface area contributed by atoms with E-state index in [1.807, 2.05) is 27.2 Å². The number of nitrogens with zero attached hydrogens (tertiary/aromatic N) is 1. The van der Waals surface area contributed by atoms with Crippen molar-refractivity contribution in [2.24, 2.45) is 0 Å². The van der Waals surface area contributed by atoms with E-state index in [1.54, 1.807) is 0 Å². The molecule has 0 aliphatic heterocycles. The summed E-state index contributed by atoms with van der Waals surface area (Å²) < 4.78 is 27.3. The number of carbonyl (C=O) groups excluding carboxylic acids is 1. The molecule has 0 aromatic carbocycles. The fourth-order valence-corrected chi connectivity index (χ4v) is 3.76. The highest BCUT2D eigenvalue weighted by Gasteiger charge is 2.25. The van der Waals surface area contributed by atoms with Gasteiger partial charge >= 0.3 is 13.8 Å². The Morgan fingerprint density at radius 2 is 1.52 bits per heavy atom. The number of ether oxygens (including phenoxy) is 1. The number of carbonyl (C=O) groups is 1. The molecule has 2 N–H and O–H groups in total. The van der Waals surface area contributed by atoms with Crippen molar-refractivity contribution in [1.82, 2.24) is 0 Å². The van der Waals surface area contributed by atoms with Crippen molar-refractivity contribution in [1.29, 1.82) is 0 Å². The van der Waals surface area contributed by atoms with E-state index in [-0.39, 0.29) is 13.0 Å². The highest BCUT2D eigenvalue weighted by atomic mass is 31.2. The lowest BCUT2D eigenvalue weighted by Gasteiger charge is -2.24. The largest absolute Gasteiger partial charge is 0.472 e. The van der Waals surface area contributed by atoms with Crippen LogP contribution in [-0.4, -0.2) is 74.1 Å². The second-order valence-electron chi connectivity index (χ2n) is 9.53. The van der Waals surface area contributed by atoms with Gasteiger partial charge < -0.3 is 19.2 Å². The van der Waals surface area contributed by atoms with Gasteiger partial charge in [0.1, 0.15) is 19.3 Å². The van der Waals surface area contributed by atoms with Gasteiger partial charge in [0.05, 0.1) is 34.4 Å². The average molecular weight is 495 g/mol. The molecule has 2 atom stereocenters. The Balaban J connectivity index is 3.85. The molecule has 0 heterocycles. The summed E-state index contributed by atoms with van der Waals surface area (Å²) in [7, 11) is 1.53. The number of phosphoric ester groups is 1. The lowest BCUT2D eigenvalue weighted by Crippen LogP contribution is -2.37. The minimum absolute atomic E-state index is 0.0479. The molecule has 0 saturated carbocycles. The molecule has 0 aliphatic carbocycles. The fourth-order valence-electron chi connectivity index (χ4n) is 3.02. The third-order valence-electron chi connectivity index (χ3n) is 5.10. The van der Waals surface area contributed by atoms with Crippen LogP contribution in [0.25, 0.3) is 0 Å². The van der Waals surface area contributed by atoms with E-state index in [2.05, 4.69) is 13.0 Å². The number of likely N-dealkylation sites (N-methyl/N-ethyl adjacent to an activating group) is 1. The highest BCUT2D eigenvalue weighted by molar-refractivity contribution is 7.47. The Labute approximate surface area is 201 Å². The zero-order valence-corrected chi connectivity index (χ0v) is 22.3. The average Bonchev–Trinajstić information content (AvgIpc) is 2.73. The molecule has 0 aromatic heterocycles. The maximum absolute atomic E-state index is 11.9. The van der Waals surface area contributed by atoms with E-state index in [4.69, 9.17) is 13.8 Å². The number of unbranched alkanes of at least 4 members (excludes halogenated alkanes) is 9. The molecule has 0 aliphatic rings. The first kappa shape index (κ1) is 32.2. The quantitative estimate of drug-likeness (QED) is 0.0719. The molecule has 0 saturated heterocycles. The number of rotatable bonds is 22. The standard InChI is InChI=1S/C24H48NO7P/c1-5-6-7-8-9-10-11-12-13-14-15-16-17-18-24(27)32-23(21-26)22-31-33(28,29)30-20-19-25(2,3)4/h15-16,23,26H,5-14,17-22H2,1-4H3/p+1/b16-15-. The number of aliphatic hydroxyl groups is 1. The van der Waals surface area contributed by atoms with Crippen LogP contribution < -0.4 is 0 Å². The molecule has 196 valence electrons. The van der Waals surface area contributed by atoms with Crippen LogP contribution >= 0.6 is 7.82 Å². The Hall–Kier alpha value is -0.760. The topological polar surface area (TPSA) is 102 Å². The van der Waals surface area contributed by atoms with Crippen molar-refractivity contribution >= 4 is 13.8 Å². The maximum atomic E-state index is 11.9. The second-order valence-corrected chi connectivity index (χ2v) is 11.0. The van der Waals surface area contributed by atoms with Gasteiger partial charge in [-0.15, -0.1) is 0 Å². The summed E-state index contributed by atoms with van der Waals surface area (Å²) in [4.78, 5) is 21.6. The van der Waals surface area contributed by atoms with Gasteiger partial charge in [-0.25, -0.2) is 4.57 Å². The van der Waals surface area contributed by atoms with Crippen LogP contribution in [0.1, 0.15) is 84.0 Å². The number of hydrogen-bond donors (Lipinski definition) is 2. The molecule has 8 nitrogen and oxygen atoms in total. The van der Waals surface area contributed by atoms with E-state index in [0.717, 1.165) is 12.8 Å². The minimum Gasteiger partial charge on any atom is -0.457 e. The number of allylic oxidation sites excluding steroid dienone is 2. The molecule has 9 heteroatoms. The van der Waals surface area contributed by atoms with Crippen molar-refractivity contribution < 1.29 is 37.6 Å². The molecule has 0 rings (SSSR count). The van der Waals surface area contributed by atoms with Crippen molar-refractivity contribution in [3.05, 3.63) is 12.2 Å². The van der Waals surface area contributed by atoms with Crippen LogP contribution in [0.3, 0.4) is 0 Å². The lowest BCUT2D eigenvalue weighted by molar-refractivity contribution is -0.870. The van der Waals surface area contributed by atoms with Crippen LogP contribution in [0.4, 0.5) is 0 Å². The Bertz CT molecular complexity index is 564. The van der Waals surface area contributed by atoms with E-state index in [9.17, 15) is 19.4 Å². The first-order valence-electron chi connectivity index (χ1n) is 12.5. The Morgan fingerprint density at radius 3 is 2.09 bits per heavy atom. The van der Waals surface area contributed by atoms with E-state index in [1.165, 1.54) is 51.4 Å². The summed E-state index contributed by atoms with van der Waals surface area (Å²) in [5.41, 5.74) is 0. The van der Waals surface area contributed by atoms with E-state index in [0.29, 0.717) is 17.4 Å². The predicted molar refractivity (Wildman–Crippen MR) is 132 cm³/mol. The molecule has 0 aromatic rings. The molecular formula is C24H49NO7P+. The molecule has 0 amide bonds. The lowest BCUT2D eigenvalue weighted by atomic mass is 10.1. The van der Waals surface area contributed by atoms with E-state index >= 15 is 0 Å². The number of hydrogen-bond acceptors (Lipinski definition) is 6. The maximum Gasteiger partial charge on any atom is 0.472 e. The minimum atomic E-state index is -4.26. The molecule has 0 spiro atoms. The second kappa shape index (κ2) is 19.5. The van der Waals surface area contributed by atoms with Crippen LogP contribution in [0.15, 0.2) is 12.2 Å². The Kier molecular flexibility index (Phi) is 19.1. The molecule has 33 heavy (non-hydrogen) atoms. The fraction of sp³-hybridized carbons (Fsp3) is 0.875. The third kappa shape index (κ3) is 22.8. The van der Waals surface area contributed by atoms with Crippen molar-refractivity contribution in [2.45, 2.75) is 90.1 Å². The smallest absolute Gasteiger partial charge is 0.457 e. The summed E-state index contributed by atoms with van der Waals surface area (Å²) in [6.45, 7) is 1.90. The van der Waals surface area contributed by atoms with Gasteiger partial charge in [0.15, 0.2) is 0 Å². The monoisotopic (exact) mass is 494 g/mol. The normalized spacial score (nSPS) is 15.0. The number of esters is 1. The summed E-state index contributed by atoms with van der Waals surface area (Å²) in [5, 5.41) is 9.35. The van der Waals surface area contributed by atoms with Crippen LogP contribution in [0.2, 0.25) is 0 Å². The summed E-state index contributed by atoms with van der Waals surface area (Å²) in [5.74, 6) is -0.482. The van der Waals surface area contributed by atoms with Gasteiger partial charge in [-0.1, -0.05) is 70.4 Å². The van der Waals surface area contributed by atoms with Crippen LogP contribution in [0.5, 0.6) is 0 Å². The summed E-state index contributed by atoms with van der Waals surface area (Å²) >= 11 is 0. The highest BCUT2D eigenvalue weighted by Crippen LogP contribution is 2.43. The van der Waals surface area contributed by atoms with Gasteiger partial charge in [-0.3, -0.25) is 13.8 Å².